The second-order valence-corrected chi connectivity index (χ2v) is 5.91. The van der Waals surface area contributed by atoms with Gasteiger partial charge in [0, 0.05) is 38.1 Å². The summed E-state index contributed by atoms with van der Waals surface area (Å²) in [7, 11) is 0. The topological polar surface area (TPSA) is 56.7 Å². The normalized spacial score (nSPS) is 16.1. The maximum atomic E-state index is 10.9. The van der Waals surface area contributed by atoms with Crippen LogP contribution in [0, 0.1) is 0 Å². The number of anilines is 1. The molecule has 1 aliphatic heterocycles. The van der Waals surface area contributed by atoms with Gasteiger partial charge in [-0.05, 0) is 5.56 Å². The Morgan fingerprint density at radius 3 is 2.52 bits per heavy atom. The molecule has 5 nitrogen and oxygen atoms in total. The molecule has 1 aromatic heterocycles. The van der Waals surface area contributed by atoms with E-state index in [2.05, 4.69) is 39.0 Å². The molecular weight excluding hydrogens is 286 g/mol. The minimum absolute atomic E-state index is 0.140. The number of hydrogen-bond donors (Lipinski definition) is 1. The van der Waals surface area contributed by atoms with Crippen LogP contribution in [0.25, 0.3) is 0 Å². The first-order valence-corrected chi connectivity index (χ1v) is 7.80. The highest BCUT2D eigenvalue weighted by Gasteiger charge is 2.20. The number of piperazine rings is 1. The van der Waals surface area contributed by atoms with Crippen LogP contribution in [0.4, 0.5) is 5.13 Å². The average Bonchev–Trinajstić information content (AvgIpc) is 2.99. The van der Waals surface area contributed by atoms with Gasteiger partial charge in [0.1, 0.15) is 0 Å². The van der Waals surface area contributed by atoms with Gasteiger partial charge in [0.05, 0.1) is 0 Å². The third-order valence-corrected chi connectivity index (χ3v) is 4.50. The van der Waals surface area contributed by atoms with Crippen LogP contribution < -0.4 is 4.90 Å². The van der Waals surface area contributed by atoms with Gasteiger partial charge in [-0.3, -0.25) is 4.90 Å². The van der Waals surface area contributed by atoms with Crippen molar-refractivity contribution in [3.05, 3.63) is 47.0 Å². The summed E-state index contributed by atoms with van der Waals surface area (Å²) in [6, 6.07) is 10.5. The predicted molar refractivity (Wildman–Crippen MR) is 83.0 cm³/mol. The summed E-state index contributed by atoms with van der Waals surface area (Å²) in [5.41, 5.74) is 1.47. The molecule has 2 heterocycles. The third-order valence-electron chi connectivity index (χ3n) is 3.60. The van der Waals surface area contributed by atoms with Crippen LogP contribution in [-0.4, -0.2) is 47.1 Å². The summed E-state index contributed by atoms with van der Waals surface area (Å²) >= 11 is 1.41. The van der Waals surface area contributed by atoms with Gasteiger partial charge in [-0.2, -0.15) is 0 Å². The molecule has 0 amide bonds. The van der Waals surface area contributed by atoms with Crippen LogP contribution in [0.2, 0.25) is 0 Å². The number of aromatic nitrogens is 1. The zero-order chi connectivity index (χ0) is 14.7. The highest BCUT2D eigenvalue weighted by Crippen LogP contribution is 2.22. The summed E-state index contributed by atoms with van der Waals surface area (Å²) < 4.78 is 0. The molecule has 0 unspecified atom stereocenters. The summed E-state index contributed by atoms with van der Waals surface area (Å²) in [6.45, 7) is 4.68. The Labute approximate surface area is 127 Å². The van der Waals surface area contributed by atoms with E-state index in [0.29, 0.717) is 0 Å². The molecule has 1 N–H and O–H groups in total. The molecule has 1 fully saturated rings. The average molecular weight is 303 g/mol. The lowest BCUT2D eigenvalue weighted by Gasteiger charge is -2.34. The lowest BCUT2D eigenvalue weighted by atomic mass is 10.2. The third kappa shape index (κ3) is 3.40. The number of hydrogen-bond acceptors (Lipinski definition) is 5. The van der Waals surface area contributed by atoms with Crippen LogP contribution in [0.15, 0.2) is 35.7 Å². The van der Waals surface area contributed by atoms with Gasteiger partial charge >= 0.3 is 5.97 Å². The first kappa shape index (κ1) is 14.0. The maximum Gasteiger partial charge on any atom is 0.355 e. The SMILES string of the molecule is O=C(O)c1csc(N2CCN(Cc3ccccc3)CC2)n1. The first-order valence-electron chi connectivity index (χ1n) is 6.92. The predicted octanol–water partition coefficient (Wildman–Crippen LogP) is 2.16. The summed E-state index contributed by atoms with van der Waals surface area (Å²) in [6.07, 6.45) is 0. The summed E-state index contributed by atoms with van der Waals surface area (Å²) in [5.74, 6) is -0.958. The van der Waals surface area contributed by atoms with Gasteiger partial charge < -0.3 is 10.0 Å². The van der Waals surface area contributed by atoms with E-state index in [9.17, 15) is 4.79 Å². The van der Waals surface area contributed by atoms with E-state index in [1.807, 2.05) is 6.07 Å². The molecule has 0 aliphatic carbocycles. The van der Waals surface area contributed by atoms with Crippen molar-refractivity contribution in [2.24, 2.45) is 0 Å². The Balaban J connectivity index is 1.56. The van der Waals surface area contributed by atoms with Crippen LogP contribution in [0.1, 0.15) is 16.1 Å². The standard InChI is InChI=1S/C15H17N3O2S/c19-14(20)13-11-21-15(16-13)18-8-6-17(7-9-18)10-12-4-2-1-3-5-12/h1-5,11H,6-10H2,(H,19,20). The van der Waals surface area contributed by atoms with Crippen molar-refractivity contribution in [3.63, 3.8) is 0 Å². The number of carboxylic acid groups (broad SMARTS) is 1. The van der Waals surface area contributed by atoms with Crippen LogP contribution in [0.5, 0.6) is 0 Å². The fraction of sp³-hybridized carbons (Fsp3) is 0.333. The molecule has 0 radical (unpaired) electrons. The lowest BCUT2D eigenvalue weighted by Crippen LogP contribution is -2.45. The molecule has 0 saturated carbocycles. The van der Waals surface area contributed by atoms with E-state index in [1.54, 1.807) is 5.38 Å². The number of benzene rings is 1. The number of carbonyl (C=O) groups is 1. The van der Waals surface area contributed by atoms with Gasteiger partial charge in [0.15, 0.2) is 10.8 Å². The Morgan fingerprint density at radius 1 is 1.19 bits per heavy atom. The monoisotopic (exact) mass is 303 g/mol. The maximum absolute atomic E-state index is 10.9. The van der Waals surface area contributed by atoms with Gasteiger partial charge in [-0.1, -0.05) is 30.3 Å². The van der Waals surface area contributed by atoms with E-state index < -0.39 is 5.97 Å². The molecular formula is C15H17N3O2S. The highest BCUT2D eigenvalue weighted by molar-refractivity contribution is 7.13. The lowest BCUT2D eigenvalue weighted by molar-refractivity contribution is 0.0691. The zero-order valence-electron chi connectivity index (χ0n) is 11.6. The number of carboxylic acids is 1. The van der Waals surface area contributed by atoms with E-state index in [4.69, 9.17) is 5.11 Å². The Bertz CT molecular complexity index is 606. The van der Waals surface area contributed by atoms with Crippen molar-refractivity contribution in [1.29, 1.82) is 0 Å². The minimum Gasteiger partial charge on any atom is -0.476 e. The molecule has 1 aliphatic rings. The van der Waals surface area contributed by atoms with E-state index in [1.165, 1.54) is 16.9 Å². The van der Waals surface area contributed by atoms with Gasteiger partial charge in [0.2, 0.25) is 0 Å². The first-order chi connectivity index (χ1) is 10.2. The molecule has 2 aromatic rings. The largest absolute Gasteiger partial charge is 0.476 e. The zero-order valence-corrected chi connectivity index (χ0v) is 12.4. The highest BCUT2D eigenvalue weighted by atomic mass is 32.1. The van der Waals surface area contributed by atoms with E-state index in [-0.39, 0.29) is 5.69 Å². The van der Waals surface area contributed by atoms with Gasteiger partial charge in [-0.15, -0.1) is 11.3 Å². The fourth-order valence-corrected chi connectivity index (χ4v) is 3.30. The number of rotatable bonds is 4. The smallest absolute Gasteiger partial charge is 0.355 e. The Morgan fingerprint density at radius 2 is 1.90 bits per heavy atom. The molecule has 0 spiro atoms. The van der Waals surface area contributed by atoms with Crippen molar-refractivity contribution in [2.75, 3.05) is 31.1 Å². The van der Waals surface area contributed by atoms with Crippen molar-refractivity contribution in [1.82, 2.24) is 9.88 Å². The second kappa shape index (κ2) is 6.24. The minimum atomic E-state index is -0.958. The number of aromatic carboxylic acids is 1. The molecule has 1 saturated heterocycles. The van der Waals surface area contributed by atoms with Crippen LogP contribution in [-0.2, 0) is 6.54 Å². The Kier molecular flexibility index (Phi) is 4.17. The van der Waals surface area contributed by atoms with Crippen molar-refractivity contribution >= 4 is 22.4 Å². The molecule has 21 heavy (non-hydrogen) atoms. The molecule has 0 bridgehead atoms. The molecule has 110 valence electrons. The van der Waals surface area contributed by atoms with Crippen LogP contribution >= 0.6 is 11.3 Å². The van der Waals surface area contributed by atoms with E-state index >= 15 is 0 Å². The van der Waals surface area contributed by atoms with Gasteiger partial charge in [-0.25, -0.2) is 9.78 Å². The molecule has 1 aromatic carbocycles. The summed E-state index contributed by atoms with van der Waals surface area (Å²) in [5, 5.41) is 11.3. The molecule has 6 heteroatoms. The Hall–Kier alpha value is -1.92. The molecule has 0 atom stereocenters. The number of nitrogens with zero attached hydrogens (tertiary/aromatic N) is 3. The van der Waals surface area contributed by atoms with E-state index in [0.717, 1.165) is 37.9 Å². The number of thiazole rings is 1. The van der Waals surface area contributed by atoms with Crippen molar-refractivity contribution in [2.45, 2.75) is 6.54 Å². The summed E-state index contributed by atoms with van der Waals surface area (Å²) in [4.78, 5) is 19.6. The quantitative estimate of drug-likeness (QED) is 0.938. The molecule has 3 rings (SSSR count). The van der Waals surface area contributed by atoms with Gasteiger partial charge in [0.25, 0.3) is 0 Å². The van der Waals surface area contributed by atoms with Crippen molar-refractivity contribution < 1.29 is 9.90 Å². The fourth-order valence-electron chi connectivity index (χ4n) is 2.45. The van der Waals surface area contributed by atoms with Crippen LogP contribution in [0.3, 0.4) is 0 Å². The second-order valence-electron chi connectivity index (χ2n) is 5.07. The van der Waals surface area contributed by atoms with Crippen molar-refractivity contribution in [3.8, 4) is 0 Å².